The van der Waals surface area contributed by atoms with Crippen molar-refractivity contribution in [2.24, 2.45) is 5.73 Å². The molecule has 3 aromatic rings. The zero-order valence-electron chi connectivity index (χ0n) is 9.48. The van der Waals surface area contributed by atoms with Gasteiger partial charge in [0.2, 0.25) is 0 Å². The zero-order valence-corrected chi connectivity index (χ0v) is 10.2. The minimum Gasteiger partial charge on any atom is -0.450 e. The van der Waals surface area contributed by atoms with Gasteiger partial charge in [0.05, 0.1) is 0 Å². The molecule has 0 aliphatic carbocycles. The SMILES string of the molecule is NCCNc1ncnc2c1oc1ccc(Cl)cc12. The summed E-state index contributed by atoms with van der Waals surface area (Å²) in [6, 6.07) is 5.45. The Morgan fingerprint density at radius 1 is 1.33 bits per heavy atom. The van der Waals surface area contributed by atoms with E-state index in [4.69, 9.17) is 21.8 Å². The molecule has 0 atom stereocenters. The molecule has 18 heavy (non-hydrogen) atoms. The second-order valence-electron chi connectivity index (χ2n) is 3.86. The Morgan fingerprint density at radius 3 is 3.06 bits per heavy atom. The Balaban J connectivity index is 2.25. The minimum absolute atomic E-state index is 0.525. The van der Waals surface area contributed by atoms with E-state index >= 15 is 0 Å². The van der Waals surface area contributed by atoms with Crippen molar-refractivity contribution in [2.75, 3.05) is 18.4 Å². The van der Waals surface area contributed by atoms with Crippen molar-refractivity contribution in [1.29, 1.82) is 0 Å². The number of nitrogens with one attached hydrogen (secondary N) is 1. The van der Waals surface area contributed by atoms with Gasteiger partial charge in [-0.3, -0.25) is 0 Å². The molecule has 92 valence electrons. The summed E-state index contributed by atoms with van der Waals surface area (Å²) in [6.45, 7) is 1.15. The molecule has 0 spiro atoms. The van der Waals surface area contributed by atoms with E-state index in [9.17, 15) is 0 Å². The number of aromatic nitrogens is 2. The van der Waals surface area contributed by atoms with Crippen molar-refractivity contribution in [3.05, 3.63) is 29.5 Å². The van der Waals surface area contributed by atoms with Crippen LogP contribution in [0.2, 0.25) is 5.02 Å². The molecule has 0 saturated heterocycles. The van der Waals surface area contributed by atoms with E-state index in [0.717, 1.165) is 16.5 Å². The molecule has 0 bridgehead atoms. The van der Waals surface area contributed by atoms with Crippen LogP contribution in [0.1, 0.15) is 0 Å². The number of nitrogens with zero attached hydrogens (tertiary/aromatic N) is 2. The van der Waals surface area contributed by atoms with Gasteiger partial charge in [-0.1, -0.05) is 11.6 Å². The lowest BCUT2D eigenvalue weighted by atomic mass is 10.2. The summed E-state index contributed by atoms with van der Waals surface area (Å²) in [5.74, 6) is 0.651. The average Bonchev–Trinajstić information content (AvgIpc) is 2.75. The number of benzene rings is 1. The topological polar surface area (TPSA) is 77.0 Å². The number of hydrogen-bond acceptors (Lipinski definition) is 5. The third kappa shape index (κ3) is 1.77. The van der Waals surface area contributed by atoms with E-state index in [1.165, 1.54) is 6.33 Å². The molecule has 0 saturated carbocycles. The van der Waals surface area contributed by atoms with E-state index < -0.39 is 0 Å². The highest BCUT2D eigenvalue weighted by Crippen LogP contribution is 2.31. The molecule has 1 aromatic carbocycles. The number of nitrogens with two attached hydrogens (primary N) is 1. The van der Waals surface area contributed by atoms with Gasteiger partial charge in [0.15, 0.2) is 11.4 Å². The average molecular weight is 263 g/mol. The molecule has 6 heteroatoms. The minimum atomic E-state index is 0.525. The number of rotatable bonds is 3. The van der Waals surface area contributed by atoms with Crippen molar-refractivity contribution in [3.63, 3.8) is 0 Å². The van der Waals surface area contributed by atoms with Crippen LogP contribution in [0.3, 0.4) is 0 Å². The normalized spacial score (nSPS) is 11.2. The van der Waals surface area contributed by atoms with Gasteiger partial charge in [-0.2, -0.15) is 0 Å². The molecular formula is C12H11ClN4O. The summed E-state index contributed by atoms with van der Waals surface area (Å²) in [6.07, 6.45) is 1.50. The van der Waals surface area contributed by atoms with Crippen LogP contribution >= 0.6 is 11.6 Å². The first-order valence-corrected chi connectivity index (χ1v) is 5.94. The first kappa shape index (κ1) is 11.3. The summed E-state index contributed by atoms with van der Waals surface area (Å²) in [5.41, 5.74) is 7.58. The van der Waals surface area contributed by atoms with Crippen LogP contribution < -0.4 is 11.1 Å². The Hall–Kier alpha value is -1.85. The van der Waals surface area contributed by atoms with Crippen LogP contribution in [0.4, 0.5) is 5.82 Å². The summed E-state index contributed by atoms with van der Waals surface area (Å²) < 4.78 is 5.75. The first-order chi connectivity index (χ1) is 8.79. The summed E-state index contributed by atoms with van der Waals surface area (Å²) in [7, 11) is 0. The highest BCUT2D eigenvalue weighted by Gasteiger charge is 2.12. The van der Waals surface area contributed by atoms with Gasteiger partial charge >= 0.3 is 0 Å². The van der Waals surface area contributed by atoms with Crippen LogP contribution in [0.5, 0.6) is 0 Å². The third-order valence-corrected chi connectivity index (χ3v) is 2.88. The van der Waals surface area contributed by atoms with Gasteiger partial charge in [0.25, 0.3) is 0 Å². The standard InChI is InChI=1S/C12H11ClN4O/c13-7-1-2-9-8(5-7)10-11(18-9)12(15-4-3-14)17-6-16-10/h1-2,5-6H,3-4,14H2,(H,15,16,17). The Bertz CT molecular complexity index is 710. The van der Waals surface area contributed by atoms with Crippen molar-refractivity contribution in [3.8, 4) is 0 Å². The van der Waals surface area contributed by atoms with Crippen LogP contribution in [-0.4, -0.2) is 23.1 Å². The lowest BCUT2D eigenvalue weighted by Crippen LogP contribution is -2.14. The van der Waals surface area contributed by atoms with Crippen molar-refractivity contribution in [1.82, 2.24) is 9.97 Å². The van der Waals surface area contributed by atoms with Gasteiger partial charge in [-0.05, 0) is 18.2 Å². The molecule has 0 fully saturated rings. The molecule has 0 aliphatic heterocycles. The smallest absolute Gasteiger partial charge is 0.196 e. The number of furan rings is 1. The number of halogens is 1. The summed E-state index contributed by atoms with van der Waals surface area (Å²) in [4.78, 5) is 8.40. The first-order valence-electron chi connectivity index (χ1n) is 5.56. The highest BCUT2D eigenvalue weighted by atomic mass is 35.5. The van der Waals surface area contributed by atoms with Gasteiger partial charge in [0, 0.05) is 23.5 Å². The molecule has 0 aliphatic rings. The Morgan fingerprint density at radius 2 is 2.22 bits per heavy atom. The quantitative estimate of drug-likeness (QED) is 0.758. The monoisotopic (exact) mass is 262 g/mol. The van der Waals surface area contributed by atoms with Crippen molar-refractivity contribution in [2.45, 2.75) is 0 Å². The molecule has 0 amide bonds. The van der Waals surface area contributed by atoms with E-state index in [1.807, 2.05) is 12.1 Å². The number of fused-ring (bicyclic) bond motifs is 3. The lowest BCUT2D eigenvalue weighted by Gasteiger charge is -2.02. The Labute approximate surface area is 108 Å². The predicted molar refractivity (Wildman–Crippen MR) is 71.9 cm³/mol. The second-order valence-corrected chi connectivity index (χ2v) is 4.29. The fourth-order valence-corrected chi connectivity index (χ4v) is 2.04. The van der Waals surface area contributed by atoms with Gasteiger partial charge in [-0.25, -0.2) is 9.97 Å². The summed E-state index contributed by atoms with van der Waals surface area (Å²) >= 11 is 5.98. The number of hydrogen-bond donors (Lipinski definition) is 2. The molecule has 0 unspecified atom stereocenters. The molecule has 5 nitrogen and oxygen atoms in total. The van der Waals surface area contributed by atoms with Crippen molar-refractivity contribution < 1.29 is 4.42 Å². The van der Waals surface area contributed by atoms with Crippen molar-refractivity contribution >= 4 is 39.5 Å². The van der Waals surface area contributed by atoms with Gasteiger partial charge < -0.3 is 15.5 Å². The molecule has 0 radical (unpaired) electrons. The molecule has 2 heterocycles. The van der Waals surface area contributed by atoms with E-state index in [2.05, 4.69) is 15.3 Å². The van der Waals surface area contributed by atoms with Gasteiger partial charge in [-0.15, -0.1) is 0 Å². The largest absolute Gasteiger partial charge is 0.450 e. The Kier molecular flexibility index (Phi) is 2.77. The lowest BCUT2D eigenvalue weighted by molar-refractivity contribution is 0.666. The molecule has 3 rings (SSSR count). The fraction of sp³-hybridized carbons (Fsp3) is 0.167. The fourth-order valence-electron chi connectivity index (χ4n) is 1.86. The maximum absolute atomic E-state index is 5.98. The highest BCUT2D eigenvalue weighted by molar-refractivity contribution is 6.31. The van der Waals surface area contributed by atoms with E-state index in [1.54, 1.807) is 6.07 Å². The third-order valence-electron chi connectivity index (χ3n) is 2.65. The second kappa shape index (κ2) is 4.44. The van der Waals surface area contributed by atoms with E-state index in [0.29, 0.717) is 29.5 Å². The maximum Gasteiger partial charge on any atom is 0.196 e. The molecule has 2 aromatic heterocycles. The van der Waals surface area contributed by atoms with Crippen LogP contribution in [0.15, 0.2) is 28.9 Å². The van der Waals surface area contributed by atoms with Crippen LogP contribution in [0, 0.1) is 0 Å². The zero-order chi connectivity index (χ0) is 12.5. The summed E-state index contributed by atoms with van der Waals surface area (Å²) in [5, 5.41) is 4.65. The van der Waals surface area contributed by atoms with E-state index in [-0.39, 0.29) is 0 Å². The molecular weight excluding hydrogens is 252 g/mol. The van der Waals surface area contributed by atoms with Gasteiger partial charge in [0.1, 0.15) is 17.4 Å². The van der Waals surface area contributed by atoms with Crippen LogP contribution in [-0.2, 0) is 0 Å². The number of anilines is 1. The maximum atomic E-state index is 5.98. The predicted octanol–water partition coefficient (Wildman–Crippen LogP) is 2.40. The molecule has 3 N–H and O–H groups in total. The van der Waals surface area contributed by atoms with Crippen LogP contribution in [0.25, 0.3) is 22.1 Å².